The summed E-state index contributed by atoms with van der Waals surface area (Å²) in [4.78, 5) is 31.7. The molecule has 144 valence electrons. The van der Waals surface area contributed by atoms with Gasteiger partial charge in [-0.25, -0.2) is 0 Å². The number of carbonyl (C=O) groups excluding carboxylic acids is 3. The van der Waals surface area contributed by atoms with E-state index in [9.17, 15) is 53.9 Å². The van der Waals surface area contributed by atoms with Crippen molar-refractivity contribution in [2.45, 2.75) is 19.1 Å². The Labute approximate surface area is 137 Å². The van der Waals surface area contributed by atoms with Crippen LogP contribution in [-0.4, -0.2) is 60.3 Å². The number of alkyl halides is 9. The van der Waals surface area contributed by atoms with Crippen LogP contribution in [0.25, 0.3) is 0 Å². The molecule has 0 spiro atoms. The van der Waals surface area contributed by atoms with Gasteiger partial charge in [-0.2, -0.15) is 0 Å². The second-order valence-corrected chi connectivity index (χ2v) is 6.70. The quantitative estimate of drug-likeness (QED) is 0.327. The zero-order valence-corrected chi connectivity index (χ0v) is 13.9. The Kier molecular flexibility index (Phi) is 7.77. The number of hydrogen-bond acceptors (Lipinski definition) is 9. The first-order chi connectivity index (χ1) is 11.0. The Hall–Kier alpha value is -1.95. The van der Waals surface area contributed by atoms with Crippen LogP contribution in [0.15, 0.2) is 0 Å². The van der Waals surface area contributed by atoms with Crippen LogP contribution in [-0.2, 0) is 22.8 Å². The van der Waals surface area contributed by atoms with Gasteiger partial charge in [-0.3, -0.25) is 0 Å². The number of halogens is 9. The van der Waals surface area contributed by atoms with Crippen molar-refractivity contribution in [3.8, 4) is 0 Å². The monoisotopic (exact) mass is 502 g/mol. The van der Waals surface area contributed by atoms with E-state index in [1.165, 1.54) is 0 Å². The molecule has 0 atom stereocenters. The Bertz CT molecular complexity index is 426. The molecule has 9 nitrogen and oxygen atoms in total. The average molecular weight is 502 g/mol. The predicted molar refractivity (Wildman–Crippen MR) is 46.6 cm³/mol. The summed E-state index contributed by atoms with van der Waals surface area (Å²) in [7, 11) is 0. The molecule has 25 heavy (non-hydrogen) atoms. The molecule has 19 heteroatoms. The number of ether oxygens (including phenoxy) is 3. The first-order valence-electron chi connectivity index (χ1n) is 4.86. The van der Waals surface area contributed by atoms with E-state index in [-0.39, 0.29) is 0 Å². The molecule has 0 bridgehead atoms. The summed E-state index contributed by atoms with van der Waals surface area (Å²) in [5.41, 5.74) is 0. The van der Waals surface area contributed by atoms with E-state index < -0.39 is 60.3 Å². The predicted octanol–water partition coefficient (Wildman–Crippen LogP) is 2.99. The van der Waals surface area contributed by atoms with Gasteiger partial charge in [0.1, 0.15) is 0 Å². The molecule has 0 heterocycles. The molecule has 0 saturated carbocycles. The van der Waals surface area contributed by atoms with Crippen molar-refractivity contribution in [3.05, 3.63) is 0 Å². The minimum atomic E-state index is -5.90. The van der Waals surface area contributed by atoms with Crippen LogP contribution in [0.5, 0.6) is 0 Å². The molecule has 0 aliphatic heterocycles. The van der Waals surface area contributed by atoms with Crippen LogP contribution in [0.2, 0.25) is 0 Å². The van der Waals surface area contributed by atoms with Gasteiger partial charge in [-0.05, 0) is 0 Å². The topological polar surface area (TPSA) is 107 Å². The van der Waals surface area contributed by atoms with Gasteiger partial charge in [0.15, 0.2) is 0 Å². The summed E-state index contributed by atoms with van der Waals surface area (Å²) in [5.74, 6) is 0. The van der Waals surface area contributed by atoms with Gasteiger partial charge in [0, 0.05) is 0 Å². The molecule has 0 aromatic carbocycles. The maximum atomic E-state index is 11.7. The van der Waals surface area contributed by atoms with Crippen molar-refractivity contribution in [3.63, 3.8) is 0 Å². The SMILES string of the molecule is O=C([O][In]([O]C(=O)OC(F)(F)F)[O]C(=O)OC(F)(F)F)OC(F)(F)F. The summed E-state index contributed by atoms with van der Waals surface area (Å²) in [6.45, 7) is 0. The van der Waals surface area contributed by atoms with Crippen LogP contribution in [0.3, 0.4) is 0 Å². The molecule has 0 radical (unpaired) electrons. The fourth-order valence-electron chi connectivity index (χ4n) is 0.664. The van der Waals surface area contributed by atoms with Gasteiger partial charge in [0.2, 0.25) is 0 Å². The zero-order valence-electron chi connectivity index (χ0n) is 10.7. The molecule has 0 aromatic heterocycles. The molecule has 0 N–H and O–H groups in total. The van der Waals surface area contributed by atoms with E-state index >= 15 is 0 Å². The van der Waals surface area contributed by atoms with E-state index in [2.05, 4.69) is 22.8 Å². The van der Waals surface area contributed by atoms with Crippen LogP contribution in [0.1, 0.15) is 0 Å². The molecule has 0 rings (SSSR count). The molecule has 0 unspecified atom stereocenters. The third-order valence-electron chi connectivity index (χ3n) is 1.17. The van der Waals surface area contributed by atoms with E-state index in [1.54, 1.807) is 0 Å². The van der Waals surface area contributed by atoms with Gasteiger partial charge in [-0.15, -0.1) is 0 Å². The fraction of sp³-hybridized carbons (Fsp3) is 0.500. The zero-order chi connectivity index (χ0) is 20.1. The standard InChI is InChI=1S/3C2HF3O3.In/c3*3-2(4,5)8-1(6)7;/h3*(H,6,7);/q;;;+3/p-3. The normalized spacial score (nSPS) is 11.9. The van der Waals surface area contributed by atoms with E-state index in [1.807, 2.05) is 0 Å². The first-order valence-corrected chi connectivity index (χ1v) is 8.89. The van der Waals surface area contributed by atoms with Gasteiger partial charge >= 0.3 is 137 Å². The van der Waals surface area contributed by atoms with Crippen molar-refractivity contribution in [1.82, 2.24) is 0 Å². The minimum absolute atomic E-state index is 2.52. The van der Waals surface area contributed by atoms with Crippen molar-refractivity contribution < 1.29 is 76.7 Å². The molecule has 0 aromatic rings. The van der Waals surface area contributed by atoms with E-state index in [0.717, 1.165) is 0 Å². The fourth-order valence-corrected chi connectivity index (χ4v) is 2.83. The van der Waals surface area contributed by atoms with Crippen molar-refractivity contribution >= 4 is 41.2 Å². The maximum absolute atomic E-state index is 11.7. The van der Waals surface area contributed by atoms with Crippen LogP contribution >= 0.6 is 0 Å². The van der Waals surface area contributed by atoms with Crippen LogP contribution in [0, 0.1) is 0 Å². The molecule has 0 aliphatic carbocycles. The number of carbonyl (C=O) groups is 3. The third-order valence-corrected chi connectivity index (χ3v) is 4.47. The van der Waals surface area contributed by atoms with Gasteiger partial charge in [-0.1, -0.05) is 0 Å². The van der Waals surface area contributed by atoms with Crippen molar-refractivity contribution in [1.29, 1.82) is 0 Å². The van der Waals surface area contributed by atoms with E-state index in [4.69, 9.17) is 0 Å². The van der Waals surface area contributed by atoms with E-state index in [0.29, 0.717) is 0 Å². The molecule has 0 saturated heterocycles. The number of hydrogen-bond donors (Lipinski definition) is 0. The van der Waals surface area contributed by atoms with Crippen molar-refractivity contribution in [2.75, 3.05) is 0 Å². The number of rotatable bonds is 3. The van der Waals surface area contributed by atoms with Crippen LogP contribution < -0.4 is 0 Å². The summed E-state index contributed by atoms with van der Waals surface area (Å²) >= 11 is -5.90. The first kappa shape index (κ1) is 23.1. The Balaban J connectivity index is 4.95. The second kappa shape index (κ2) is 8.43. The van der Waals surface area contributed by atoms with Gasteiger partial charge < -0.3 is 0 Å². The third kappa shape index (κ3) is 14.1. The van der Waals surface area contributed by atoms with Gasteiger partial charge in [0.05, 0.1) is 0 Å². The molecule has 0 aliphatic rings. The van der Waals surface area contributed by atoms with Crippen molar-refractivity contribution in [2.24, 2.45) is 0 Å². The molecular formula is C6F9InO9. The summed E-state index contributed by atoms with van der Waals surface area (Å²) in [5, 5.41) is 0. The Morgan fingerprint density at radius 3 is 0.880 bits per heavy atom. The summed E-state index contributed by atoms with van der Waals surface area (Å²) in [6.07, 6.45) is -25.5. The molecule has 0 amide bonds. The summed E-state index contributed by atoms with van der Waals surface area (Å²) in [6, 6.07) is 0. The molecule has 0 fully saturated rings. The Morgan fingerprint density at radius 2 is 0.720 bits per heavy atom. The average Bonchev–Trinajstić information content (AvgIpc) is 2.18. The Morgan fingerprint density at radius 1 is 0.520 bits per heavy atom. The van der Waals surface area contributed by atoms with Gasteiger partial charge in [0.25, 0.3) is 0 Å². The van der Waals surface area contributed by atoms with Crippen LogP contribution in [0.4, 0.5) is 53.9 Å². The second-order valence-electron chi connectivity index (χ2n) is 3.04. The molecular weight excluding hydrogens is 502 g/mol. The summed E-state index contributed by atoms with van der Waals surface area (Å²) < 4.78 is 123.